The second kappa shape index (κ2) is 3.84. The van der Waals surface area contributed by atoms with E-state index < -0.39 is 51.1 Å². The zero-order valence-electron chi connectivity index (χ0n) is 19.2. The van der Waals surface area contributed by atoms with E-state index in [1.807, 2.05) is 0 Å². The van der Waals surface area contributed by atoms with Crippen molar-refractivity contribution in [3.8, 4) is 0 Å². The van der Waals surface area contributed by atoms with Crippen molar-refractivity contribution in [3.63, 3.8) is 0 Å². The number of fused-ring (bicyclic) bond motifs is 1. The van der Waals surface area contributed by atoms with E-state index in [2.05, 4.69) is 4.98 Å². The molecule has 0 fully saturated rings. The van der Waals surface area contributed by atoms with Gasteiger partial charge in [0.1, 0.15) is 0 Å². The average molecular weight is 200 g/mol. The summed E-state index contributed by atoms with van der Waals surface area (Å²) >= 11 is 0. The number of likely N-dealkylation sites (N-methyl/N-ethyl adjacent to an activating group) is 1. The third-order valence-electron chi connectivity index (χ3n) is 1.81. The zero-order chi connectivity index (χ0) is 20.2. The van der Waals surface area contributed by atoms with Gasteiger partial charge in [-0.2, -0.15) is 0 Å². The fourth-order valence-corrected chi connectivity index (χ4v) is 1.17. The highest BCUT2D eigenvalue weighted by Gasteiger charge is 2.02. The monoisotopic (exact) mass is 200 g/mol. The molecular formula is C12H16N2. The van der Waals surface area contributed by atoms with Crippen LogP contribution in [0.2, 0.25) is 0 Å². The number of aromatic amines is 1. The first-order chi connectivity index (χ1) is 11.7. The van der Waals surface area contributed by atoms with Gasteiger partial charge in [0.15, 0.2) is 0 Å². The van der Waals surface area contributed by atoms with Crippen LogP contribution < -0.4 is 0 Å². The minimum atomic E-state index is -3.08. The predicted octanol–water partition coefficient (Wildman–Crippen LogP) is 2.27. The highest BCUT2D eigenvalue weighted by Crippen LogP contribution is 2.17. The molecule has 2 heteroatoms. The lowest BCUT2D eigenvalue weighted by Crippen LogP contribution is -2.14. The molecule has 1 N–H and O–H groups in total. The Labute approximate surface area is 101 Å². The minimum absolute atomic E-state index is 0.0366. The number of nitrogens with zero attached hydrogens (tertiary/aromatic N) is 1. The first-order valence-electron chi connectivity index (χ1n) is 10.0. The summed E-state index contributed by atoms with van der Waals surface area (Å²) in [4.78, 5) is 2.56. The molecule has 0 radical (unpaired) electrons. The number of aromatic nitrogens is 1. The number of aryl methyl sites for hydroxylation is 1. The summed E-state index contributed by atoms with van der Waals surface area (Å²) in [6.45, 7) is -7.94. The molecule has 1 unspecified atom stereocenters. The van der Waals surface area contributed by atoms with Crippen molar-refractivity contribution in [2.45, 2.75) is 6.42 Å². The largest absolute Gasteiger partial charge is 0.361 e. The summed E-state index contributed by atoms with van der Waals surface area (Å²) in [5, 5.41) is -0.0470. The summed E-state index contributed by atoms with van der Waals surface area (Å²) in [5.74, 6) is 0. The maximum Gasteiger partial charge on any atom is 0.0819 e. The lowest BCUT2D eigenvalue weighted by molar-refractivity contribution is 0.414. The Morgan fingerprint density at radius 3 is 3.21 bits per heavy atom. The van der Waals surface area contributed by atoms with Gasteiger partial charge in [-0.05, 0) is 32.0 Å². The topological polar surface area (TPSA) is 19.0 Å². The van der Waals surface area contributed by atoms with Crippen LogP contribution in [0.4, 0.5) is 0 Å². The van der Waals surface area contributed by atoms with E-state index in [1.165, 1.54) is 0 Å². The van der Waals surface area contributed by atoms with Crippen LogP contribution in [0, 0.1) is 0 Å². The average Bonchev–Trinajstić information content (AvgIpc) is 2.77. The van der Waals surface area contributed by atoms with Crippen molar-refractivity contribution in [1.82, 2.24) is 9.88 Å². The van der Waals surface area contributed by atoms with Crippen molar-refractivity contribution >= 4 is 10.9 Å². The maximum absolute atomic E-state index is 8.03. The molecule has 1 heterocycles. The molecule has 0 aliphatic rings. The molecule has 0 spiro atoms. The van der Waals surface area contributed by atoms with Gasteiger partial charge in [0, 0.05) is 33.2 Å². The maximum atomic E-state index is 8.03. The molecule has 0 aliphatic heterocycles. The molecule has 0 saturated carbocycles. The van der Waals surface area contributed by atoms with Crippen LogP contribution in [0.5, 0.6) is 0 Å². The smallest absolute Gasteiger partial charge is 0.0819 e. The number of hydrogen-bond donors (Lipinski definition) is 1. The molecule has 2 nitrogen and oxygen atoms in total. The van der Waals surface area contributed by atoms with Crippen LogP contribution in [0.3, 0.4) is 0 Å². The number of nitrogens with one attached hydrogen (secondary N) is 1. The molecule has 0 amide bonds. The summed E-state index contributed by atoms with van der Waals surface area (Å²) in [6.07, 6.45) is -0.835. The molecule has 14 heavy (non-hydrogen) atoms. The van der Waals surface area contributed by atoms with Gasteiger partial charge in [-0.25, -0.2) is 0 Å². The number of H-pyrrole nitrogens is 1. The number of benzene rings is 1. The van der Waals surface area contributed by atoms with Crippen molar-refractivity contribution < 1.29 is 16.4 Å². The predicted molar refractivity (Wildman–Crippen MR) is 60.6 cm³/mol. The van der Waals surface area contributed by atoms with Crippen molar-refractivity contribution in [2.24, 2.45) is 0 Å². The molecular weight excluding hydrogens is 172 g/mol. The number of rotatable bonds is 3. The van der Waals surface area contributed by atoms with E-state index in [9.17, 15) is 0 Å². The first kappa shape index (κ1) is 2.64. The Morgan fingerprint density at radius 2 is 2.36 bits per heavy atom. The fourth-order valence-electron chi connectivity index (χ4n) is 1.17. The molecule has 74 valence electrons. The molecule has 0 saturated heterocycles. The van der Waals surface area contributed by atoms with Crippen molar-refractivity contribution in [2.75, 3.05) is 20.5 Å². The molecule has 1 aromatic heterocycles. The van der Waals surface area contributed by atoms with Gasteiger partial charge in [0.25, 0.3) is 0 Å². The fraction of sp³-hybridized carbons (Fsp3) is 0.333. The van der Waals surface area contributed by atoms with Gasteiger partial charge < -0.3 is 9.88 Å². The lowest BCUT2D eigenvalue weighted by atomic mass is 10.1. The first-order valence-corrected chi connectivity index (χ1v) is 3.97. The van der Waals surface area contributed by atoms with Crippen LogP contribution in [-0.2, 0) is 6.42 Å². The van der Waals surface area contributed by atoms with Crippen LogP contribution >= 0.6 is 0 Å². The Hall–Kier alpha value is -1.28. The van der Waals surface area contributed by atoms with Crippen LogP contribution in [0.1, 0.15) is 22.0 Å². The Balaban J connectivity index is 2.60. The summed E-state index contributed by atoms with van der Waals surface area (Å²) < 4.78 is 91.4. The summed E-state index contributed by atoms with van der Waals surface area (Å²) in [6, 6.07) is -1.87. The van der Waals surface area contributed by atoms with E-state index in [0.717, 1.165) is 0 Å². The zero-order valence-corrected chi connectivity index (χ0v) is 7.23. The number of para-hydroxylation sites is 1. The third-order valence-corrected chi connectivity index (χ3v) is 1.81. The standard InChI is InChI=1S/C12H16N2/c1-14(2)8-7-10-9-13-12-6-4-3-5-11(10)12/h3-6,9,13H,7-8H2,1-2H3/i1D3,2D3,3D,4D,5D,6D,8D,9D. The Bertz CT molecular complexity index is 820. The van der Waals surface area contributed by atoms with E-state index >= 15 is 0 Å². The normalized spacial score (nSPS) is 27.8. The number of hydrogen-bond acceptors (Lipinski definition) is 1. The highest BCUT2D eigenvalue weighted by molar-refractivity contribution is 5.83. The Morgan fingerprint density at radius 1 is 1.50 bits per heavy atom. The van der Waals surface area contributed by atoms with Crippen molar-refractivity contribution in [1.29, 1.82) is 0 Å². The SMILES string of the molecule is [2H]c1[nH]c2c([2H])c([2H])c([2H])c([2H])c2c1CC([2H])N(C([2H])([2H])[2H])C([2H])([2H])[2H]. The van der Waals surface area contributed by atoms with Gasteiger partial charge in [0.05, 0.1) is 6.85 Å². The summed E-state index contributed by atoms with van der Waals surface area (Å²) in [5.41, 5.74) is -0.0805. The van der Waals surface area contributed by atoms with E-state index in [0.29, 0.717) is 0 Å². The van der Waals surface area contributed by atoms with Crippen molar-refractivity contribution in [3.05, 3.63) is 35.9 Å². The molecule has 1 aromatic carbocycles. The summed E-state index contributed by atoms with van der Waals surface area (Å²) in [7, 11) is 0. The van der Waals surface area contributed by atoms with Crippen LogP contribution in [0.25, 0.3) is 10.9 Å². The quantitative estimate of drug-likeness (QED) is 0.805. The van der Waals surface area contributed by atoms with Crippen LogP contribution in [0.15, 0.2) is 30.3 Å². The van der Waals surface area contributed by atoms with Gasteiger partial charge in [0.2, 0.25) is 0 Å². The minimum Gasteiger partial charge on any atom is -0.361 e. The molecule has 2 rings (SSSR count). The second-order valence-corrected chi connectivity index (χ2v) is 2.74. The third kappa shape index (κ3) is 1.80. The Kier molecular flexibility index (Phi) is 0.725. The van der Waals surface area contributed by atoms with Gasteiger partial charge in [-0.1, -0.05) is 18.1 Å². The lowest BCUT2D eigenvalue weighted by Gasteiger charge is -2.07. The van der Waals surface area contributed by atoms with E-state index in [-0.39, 0.29) is 27.5 Å². The van der Waals surface area contributed by atoms with Crippen LogP contribution in [-0.4, -0.2) is 30.4 Å². The van der Waals surface area contributed by atoms with Gasteiger partial charge >= 0.3 is 0 Å². The van der Waals surface area contributed by atoms with Gasteiger partial charge in [-0.15, -0.1) is 0 Å². The molecule has 0 bridgehead atoms. The van der Waals surface area contributed by atoms with Gasteiger partial charge in [-0.3, -0.25) is 0 Å². The second-order valence-electron chi connectivity index (χ2n) is 2.74. The molecule has 0 aliphatic carbocycles. The molecule has 2 aromatic rings. The highest BCUT2D eigenvalue weighted by atomic mass is 15.0. The van der Waals surface area contributed by atoms with E-state index in [4.69, 9.17) is 16.4 Å². The van der Waals surface area contributed by atoms with E-state index in [1.54, 1.807) is 0 Å². The molecule has 1 atom stereocenters.